The highest BCUT2D eigenvalue weighted by molar-refractivity contribution is 6.38. The Morgan fingerprint density at radius 1 is 1.29 bits per heavy atom. The lowest BCUT2D eigenvalue weighted by molar-refractivity contribution is -0.138. The summed E-state index contributed by atoms with van der Waals surface area (Å²) in [5.41, 5.74) is 6.70. The second-order valence-electron chi connectivity index (χ2n) is 4.41. The van der Waals surface area contributed by atoms with Crippen LogP contribution in [-0.4, -0.2) is 23.8 Å². The van der Waals surface area contributed by atoms with E-state index >= 15 is 0 Å². The minimum Gasteiger partial charge on any atom is -0.347 e. The smallest absolute Gasteiger partial charge is 0.289 e. The van der Waals surface area contributed by atoms with Gasteiger partial charge in [0.1, 0.15) is 0 Å². The normalized spacial score (nSPS) is 16.3. The van der Waals surface area contributed by atoms with Crippen LogP contribution in [0, 0.1) is 0 Å². The van der Waals surface area contributed by atoms with Crippen LogP contribution in [0.2, 0.25) is 0 Å². The molecule has 0 aliphatic heterocycles. The van der Waals surface area contributed by atoms with Crippen molar-refractivity contribution in [3.63, 3.8) is 0 Å². The van der Waals surface area contributed by atoms with E-state index in [0.29, 0.717) is 6.42 Å². The van der Waals surface area contributed by atoms with Gasteiger partial charge in [-0.15, -0.1) is 0 Å². The van der Waals surface area contributed by atoms with Gasteiger partial charge in [0.25, 0.3) is 5.91 Å². The first-order chi connectivity index (χ1) is 8.16. The maximum Gasteiger partial charge on any atom is 0.289 e. The summed E-state index contributed by atoms with van der Waals surface area (Å²) >= 11 is 0. The van der Waals surface area contributed by atoms with Crippen LogP contribution < -0.4 is 11.1 Å². The van der Waals surface area contributed by atoms with E-state index in [4.69, 9.17) is 5.73 Å². The topological polar surface area (TPSA) is 72.2 Å². The van der Waals surface area contributed by atoms with E-state index in [2.05, 4.69) is 5.32 Å². The molecule has 90 valence electrons. The van der Waals surface area contributed by atoms with Gasteiger partial charge in [-0.1, -0.05) is 30.3 Å². The predicted molar refractivity (Wildman–Crippen MR) is 64.3 cm³/mol. The van der Waals surface area contributed by atoms with E-state index in [1.165, 1.54) is 0 Å². The van der Waals surface area contributed by atoms with Gasteiger partial charge in [-0.3, -0.25) is 9.59 Å². The number of amides is 1. The van der Waals surface area contributed by atoms with E-state index in [1.54, 1.807) is 0 Å². The fourth-order valence-corrected chi connectivity index (χ4v) is 1.61. The molecule has 1 fully saturated rings. The molecule has 1 atom stereocenters. The molecule has 4 heteroatoms. The third-order valence-electron chi connectivity index (χ3n) is 2.77. The van der Waals surface area contributed by atoms with Crippen LogP contribution >= 0.6 is 0 Å². The zero-order valence-electron chi connectivity index (χ0n) is 9.56. The second kappa shape index (κ2) is 5.10. The van der Waals surface area contributed by atoms with Crippen molar-refractivity contribution in [1.29, 1.82) is 0 Å². The third kappa shape index (κ3) is 3.39. The number of benzene rings is 1. The summed E-state index contributed by atoms with van der Waals surface area (Å²) < 4.78 is 0. The van der Waals surface area contributed by atoms with Gasteiger partial charge in [0.05, 0.1) is 6.04 Å². The zero-order valence-corrected chi connectivity index (χ0v) is 9.56. The number of nitrogens with one attached hydrogen (secondary N) is 1. The number of hydrogen-bond donors (Lipinski definition) is 2. The Kier molecular flexibility index (Phi) is 3.54. The fraction of sp³-hybridized carbons (Fsp3) is 0.385. The first-order valence-electron chi connectivity index (χ1n) is 5.81. The summed E-state index contributed by atoms with van der Waals surface area (Å²) in [6.45, 7) is 0. The molecule has 1 aromatic carbocycles. The Morgan fingerprint density at radius 2 is 1.94 bits per heavy atom. The number of Topliss-reactive ketones (excluding diaryl/α,β-unsaturated/α-hetero) is 1. The highest BCUT2D eigenvalue weighted by Crippen LogP contribution is 2.18. The highest BCUT2D eigenvalue weighted by atomic mass is 16.2. The molecule has 0 radical (unpaired) electrons. The monoisotopic (exact) mass is 232 g/mol. The molecular formula is C13H16N2O2. The van der Waals surface area contributed by atoms with Crippen molar-refractivity contribution in [2.45, 2.75) is 31.3 Å². The van der Waals surface area contributed by atoms with Crippen LogP contribution in [0.15, 0.2) is 30.3 Å². The van der Waals surface area contributed by atoms with Crippen molar-refractivity contribution in [1.82, 2.24) is 5.32 Å². The van der Waals surface area contributed by atoms with Crippen LogP contribution in [0.4, 0.5) is 0 Å². The van der Waals surface area contributed by atoms with Gasteiger partial charge in [-0.25, -0.2) is 0 Å². The maximum atomic E-state index is 11.7. The van der Waals surface area contributed by atoms with Crippen LogP contribution in [0.25, 0.3) is 0 Å². The van der Waals surface area contributed by atoms with E-state index in [1.807, 2.05) is 30.3 Å². The zero-order chi connectivity index (χ0) is 12.3. The lowest BCUT2D eigenvalue weighted by Crippen LogP contribution is -2.44. The average Bonchev–Trinajstić information content (AvgIpc) is 3.13. The minimum atomic E-state index is -0.754. The van der Waals surface area contributed by atoms with Gasteiger partial charge in [0.15, 0.2) is 0 Å². The number of carbonyl (C=O) groups is 2. The standard InChI is InChI=1S/C13H16N2O2/c14-11(8-9-4-2-1-3-5-9)12(16)13(17)15-10-6-7-10/h1-5,10-11H,6-8,14H2,(H,15,17). The molecule has 0 heterocycles. The van der Waals surface area contributed by atoms with Crippen LogP contribution in [0.3, 0.4) is 0 Å². The first kappa shape index (κ1) is 11.8. The predicted octanol–water partition coefficient (Wildman–Crippen LogP) is 0.404. The Bertz CT molecular complexity index is 413. The van der Waals surface area contributed by atoms with Crippen LogP contribution in [0.1, 0.15) is 18.4 Å². The van der Waals surface area contributed by atoms with Gasteiger partial charge in [0, 0.05) is 6.04 Å². The van der Waals surface area contributed by atoms with Gasteiger partial charge in [0.2, 0.25) is 5.78 Å². The molecule has 0 bridgehead atoms. The van der Waals surface area contributed by atoms with Crippen molar-refractivity contribution < 1.29 is 9.59 Å². The maximum absolute atomic E-state index is 11.7. The lowest BCUT2D eigenvalue weighted by Gasteiger charge is -2.10. The number of rotatable bonds is 5. The summed E-state index contributed by atoms with van der Waals surface area (Å²) in [6, 6.07) is 8.90. The Balaban J connectivity index is 1.88. The van der Waals surface area contributed by atoms with Crippen molar-refractivity contribution in [3.05, 3.63) is 35.9 Å². The largest absolute Gasteiger partial charge is 0.347 e. The Hall–Kier alpha value is -1.68. The molecular weight excluding hydrogens is 216 g/mol. The molecule has 1 unspecified atom stereocenters. The molecule has 1 saturated carbocycles. The lowest BCUT2D eigenvalue weighted by atomic mass is 10.0. The van der Waals surface area contributed by atoms with Crippen molar-refractivity contribution in [2.75, 3.05) is 0 Å². The van der Waals surface area contributed by atoms with Crippen molar-refractivity contribution in [2.24, 2.45) is 5.73 Å². The van der Waals surface area contributed by atoms with Gasteiger partial charge < -0.3 is 11.1 Å². The van der Waals surface area contributed by atoms with Crippen LogP contribution in [-0.2, 0) is 16.0 Å². The summed E-state index contributed by atoms with van der Waals surface area (Å²) in [6.07, 6.45) is 2.33. The third-order valence-corrected chi connectivity index (χ3v) is 2.77. The van der Waals surface area contributed by atoms with E-state index in [-0.39, 0.29) is 6.04 Å². The van der Waals surface area contributed by atoms with Crippen molar-refractivity contribution >= 4 is 11.7 Å². The van der Waals surface area contributed by atoms with Crippen LogP contribution in [0.5, 0.6) is 0 Å². The molecule has 2 rings (SSSR count). The first-order valence-corrected chi connectivity index (χ1v) is 5.81. The number of carbonyl (C=O) groups excluding carboxylic acids is 2. The van der Waals surface area contributed by atoms with E-state index < -0.39 is 17.7 Å². The second-order valence-corrected chi connectivity index (χ2v) is 4.41. The number of ketones is 1. The molecule has 17 heavy (non-hydrogen) atoms. The van der Waals surface area contributed by atoms with E-state index in [9.17, 15) is 9.59 Å². The Morgan fingerprint density at radius 3 is 2.53 bits per heavy atom. The molecule has 1 aliphatic rings. The molecule has 1 aromatic rings. The molecule has 4 nitrogen and oxygen atoms in total. The summed E-state index contributed by atoms with van der Waals surface area (Å²) in [5.74, 6) is -1.07. The molecule has 0 aromatic heterocycles. The van der Waals surface area contributed by atoms with Gasteiger partial charge in [-0.05, 0) is 24.8 Å². The molecule has 1 amide bonds. The summed E-state index contributed by atoms with van der Waals surface area (Å²) in [7, 11) is 0. The van der Waals surface area contributed by atoms with Gasteiger partial charge >= 0.3 is 0 Å². The SMILES string of the molecule is NC(Cc1ccccc1)C(=O)C(=O)NC1CC1. The van der Waals surface area contributed by atoms with Gasteiger partial charge in [-0.2, -0.15) is 0 Å². The average molecular weight is 232 g/mol. The van der Waals surface area contributed by atoms with Crippen molar-refractivity contribution in [3.8, 4) is 0 Å². The molecule has 1 aliphatic carbocycles. The number of nitrogens with two attached hydrogens (primary N) is 1. The molecule has 0 saturated heterocycles. The summed E-state index contributed by atoms with van der Waals surface area (Å²) in [5, 5.41) is 2.65. The molecule has 0 spiro atoms. The quantitative estimate of drug-likeness (QED) is 0.722. The fourth-order valence-electron chi connectivity index (χ4n) is 1.61. The molecule has 3 N–H and O–H groups in total. The number of hydrogen-bond acceptors (Lipinski definition) is 3. The highest BCUT2D eigenvalue weighted by Gasteiger charge is 2.28. The minimum absolute atomic E-state index is 0.190. The Labute approximate surface area is 100 Å². The van der Waals surface area contributed by atoms with E-state index in [0.717, 1.165) is 18.4 Å². The summed E-state index contributed by atoms with van der Waals surface area (Å²) in [4.78, 5) is 23.2.